The average Bonchev–Trinajstić information content (AvgIpc) is 3.21. The first-order valence-electron chi connectivity index (χ1n) is 8.54. The van der Waals surface area contributed by atoms with Crippen LogP contribution in [0.3, 0.4) is 0 Å². The summed E-state index contributed by atoms with van der Waals surface area (Å²) < 4.78 is 12.7. The molecule has 1 atom stereocenters. The Hall–Kier alpha value is -2.54. The highest BCUT2D eigenvalue weighted by molar-refractivity contribution is 5.81. The predicted molar refractivity (Wildman–Crippen MR) is 91.2 cm³/mol. The molecular formula is C18H22N4O3. The van der Waals surface area contributed by atoms with Crippen molar-refractivity contribution < 1.29 is 14.3 Å². The second kappa shape index (κ2) is 6.40. The molecule has 0 unspecified atom stereocenters. The van der Waals surface area contributed by atoms with E-state index in [1.165, 1.54) is 0 Å². The van der Waals surface area contributed by atoms with E-state index in [0.717, 1.165) is 35.8 Å². The molecule has 0 bridgehead atoms. The van der Waals surface area contributed by atoms with Gasteiger partial charge in [0.1, 0.15) is 6.04 Å². The molecule has 25 heavy (non-hydrogen) atoms. The van der Waals surface area contributed by atoms with Crippen LogP contribution in [-0.4, -0.2) is 40.0 Å². The van der Waals surface area contributed by atoms with Crippen LogP contribution in [0.2, 0.25) is 0 Å². The van der Waals surface area contributed by atoms with Gasteiger partial charge < -0.3 is 14.8 Å². The minimum Gasteiger partial charge on any atom is -0.454 e. The largest absolute Gasteiger partial charge is 0.454 e. The molecule has 0 radical (unpaired) electrons. The van der Waals surface area contributed by atoms with Gasteiger partial charge in [0.2, 0.25) is 12.7 Å². The Kier molecular flexibility index (Phi) is 4.09. The second-order valence-electron chi connectivity index (χ2n) is 6.80. The Morgan fingerprint density at radius 3 is 3.00 bits per heavy atom. The van der Waals surface area contributed by atoms with E-state index in [1.54, 1.807) is 6.20 Å². The molecule has 0 saturated heterocycles. The van der Waals surface area contributed by atoms with E-state index < -0.39 is 0 Å². The predicted octanol–water partition coefficient (Wildman–Crippen LogP) is 1.69. The first-order valence-corrected chi connectivity index (χ1v) is 8.54. The van der Waals surface area contributed by atoms with E-state index in [1.807, 2.05) is 42.8 Å². The summed E-state index contributed by atoms with van der Waals surface area (Å²) in [4.78, 5) is 14.8. The van der Waals surface area contributed by atoms with Crippen molar-refractivity contribution in [1.29, 1.82) is 0 Å². The van der Waals surface area contributed by atoms with Crippen LogP contribution < -0.4 is 14.8 Å². The molecule has 3 heterocycles. The lowest BCUT2D eigenvalue weighted by Crippen LogP contribution is -2.46. The highest BCUT2D eigenvalue weighted by Gasteiger charge is 2.31. The molecule has 1 aromatic carbocycles. The Labute approximate surface area is 146 Å². The third-order valence-corrected chi connectivity index (χ3v) is 4.44. The van der Waals surface area contributed by atoms with Crippen molar-refractivity contribution >= 4 is 5.91 Å². The van der Waals surface area contributed by atoms with Gasteiger partial charge in [-0.1, -0.05) is 6.07 Å². The molecule has 2 aliphatic rings. The van der Waals surface area contributed by atoms with Crippen LogP contribution in [0.15, 0.2) is 30.5 Å². The molecule has 1 N–H and O–H groups in total. The van der Waals surface area contributed by atoms with Crippen molar-refractivity contribution in [2.75, 3.05) is 13.3 Å². The molecule has 7 heteroatoms. The summed E-state index contributed by atoms with van der Waals surface area (Å²) in [6, 6.07) is 7.77. The molecule has 0 spiro atoms. The van der Waals surface area contributed by atoms with Gasteiger partial charge in [-0.15, -0.1) is 0 Å². The zero-order valence-corrected chi connectivity index (χ0v) is 14.4. The lowest BCUT2D eigenvalue weighted by atomic mass is 10.1. The number of aromatic nitrogens is 2. The third kappa shape index (κ3) is 3.19. The maximum atomic E-state index is 12.6. The number of carbonyl (C=O) groups is 1. The summed E-state index contributed by atoms with van der Waals surface area (Å²) in [5, 5.41) is 7.35. The van der Waals surface area contributed by atoms with Gasteiger partial charge in [-0.3, -0.25) is 14.4 Å². The molecule has 0 saturated carbocycles. The first kappa shape index (κ1) is 16.0. The Balaban J connectivity index is 1.52. The third-order valence-electron chi connectivity index (χ3n) is 4.44. The molecule has 4 rings (SSSR count). The van der Waals surface area contributed by atoms with Crippen molar-refractivity contribution in [3.63, 3.8) is 0 Å². The molecule has 1 aromatic heterocycles. The quantitative estimate of drug-likeness (QED) is 0.916. The lowest BCUT2D eigenvalue weighted by molar-refractivity contribution is -0.126. The van der Waals surface area contributed by atoms with Crippen molar-refractivity contribution in [3.05, 3.63) is 41.7 Å². The Morgan fingerprint density at radius 1 is 1.32 bits per heavy atom. The number of fused-ring (bicyclic) bond motifs is 2. The monoisotopic (exact) mass is 342 g/mol. The SMILES string of the molecule is CC(C)NC(=O)[C@H]1CN(Cc2ccc3c(c2)OCO3)Cc2ccnn21. The number of ether oxygens (including phenoxy) is 2. The maximum absolute atomic E-state index is 12.6. The molecule has 132 valence electrons. The number of hydrogen-bond acceptors (Lipinski definition) is 5. The van der Waals surface area contributed by atoms with Crippen LogP contribution in [0.4, 0.5) is 0 Å². The van der Waals surface area contributed by atoms with E-state index in [9.17, 15) is 4.79 Å². The van der Waals surface area contributed by atoms with Crippen LogP contribution in [-0.2, 0) is 17.9 Å². The number of benzene rings is 1. The van der Waals surface area contributed by atoms with Gasteiger partial charge in [0.15, 0.2) is 11.5 Å². The highest BCUT2D eigenvalue weighted by Crippen LogP contribution is 2.33. The van der Waals surface area contributed by atoms with Gasteiger partial charge in [0.05, 0.1) is 5.69 Å². The number of amides is 1. The summed E-state index contributed by atoms with van der Waals surface area (Å²) in [7, 11) is 0. The van der Waals surface area contributed by atoms with Gasteiger partial charge in [0.25, 0.3) is 0 Å². The minimum atomic E-state index is -0.310. The maximum Gasteiger partial charge on any atom is 0.246 e. The number of nitrogens with zero attached hydrogens (tertiary/aromatic N) is 3. The molecule has 1 amide bonds. The zero-order chi connectivity index (χ0) is 17.4. The van der Waals surface area contributed by atoms with Gasteiger partial charge >= 0.3 is 0 Å². The van der Waals surface area contributed by atoms with E-state index in [4.69, 9.17) is 9.47 Å². The Morgan fingerprint density at radius 2 is 2.16 bits per heavy atom. The number of carbonyl (C=O) groups excluding carboxylic acids is 1. The summed E-state index contributed by atoms with van der Waals surface area (Å²) in [5.41, 5.74) is 2.19. The Bertz CT molecular complexity index is 786. The standard InChI is InChI=1S/C18H22N4O3/c1-12(2)20-18(23)15-10-21(9-14-5-6-19-22(14)15)8-13-3-4-16-17(7-13)25-11-24-16/h3-7,12,15H,8-11H2,1-2H3,(H,20,23)/t15-/m1/s1. The molecule has 0 fully saturated rings. The minimum absolute atomic E-state index is 0.00957. The smallest absolute Gasteiger partial charge is 0.246 e. The van der Waals surface area contributed by atoms with Gasteiger partial charge in [0, 0.05) is 31.9 Å². The number of hydrogen-bond donors (Lipinski definition) is 1. The highest BCUT2D eigenvalue weighted by atomic mass is 16.7. The van der Waals surface area contributed by atoms with Crippen molar-refractivity contribution in [2.45, 2.75) is 39.0 Å². The van der Waals surface area contributed by atoms with Crippen molar-refractivity contribution in [1.82, 2.24) is 20.0 Å². The fourth-order valence-corrected chi connectivity index (χ4v) is 3.36. The van der Waals surface area contributed by atoms with Crippen molar-refractivity contribution in [3.8, 4) is 11.5 Å². The van der Waals surface area contributed by atoms with E-state index >= 15 is 0 Å². The average molecular weight is 342 g/mol. The number of nitrogens with one attached hydrogen (secondary N) is 1. The molecule has 2 aliphatic heterocycles. The summed E-state index contributed by atoms with van der Waals surface area (Å²) in [6.07, 6.45) is 1.76. The van der Waals surface area contributed by atoms with Crippen molar-refractivity contribution in [2.24, 2.45) is 0 Å². The molecule has 0 aliphatic carbocycles. The summed E-state index contributed by atoms with van der Waals surface area (Å²) >= 11 is 0. The molecular weight excluding hydrogens is 320 g/mol. The first-order chi connectivity index (χ1) is 12.1. The molecule has 7 nitrogen and oxygen atoms in total. The fourth-order valence-electron chi connectivity index (χ4n) is 3.36. The fraction of sp³-hybridized carbons (Fsp3) is 0.444. The molecule has 2 aromatic rings. The van der Waals surface area contributed by atoms with Crippen LogP contribution in [0.5, 0.6) is 11.5 Å². The van der Waals surface area contributed by atoms with E-state index in [0.29, 0.717) is 6.54 Å². The topological polar surface area (TPSA) is 68.6 Å². The van der Waals surface area contributed by atoms with Crippen LogP contribution >= 0.6 is 0 Å². The number of rotatable bonds is 4. The summed E-state index contributed by atoms with van der Waals surface area (Å²) in [5.74, 6) is 1.58. The van der Waals surface area contributed by atoms with Crippen LogP contribution in [0, 0.1) is 0 Å². The van der Waals surface area contributed by atoms with Crippen LogP contribution in [0.1, 0.15) is 31.1 Å². The summed E-state index contributed by atoms with van der Waals surface area (Å²) in [6.45, 7) is 6.35. The van der Waals surface area contributed by atoms with E-state index in [-0.39, 0.29) is 24.8 Å². The normalized spacial score (nSPS) is 19.1. The second-order valence-corrected chi connectivity index (χ2v) is 6.80. The lowest BCUT2D eigenvalue weighted by Gasteiger charge is -2.33. The van der Waals surface area contributed by atoms with Gasteiger partial charge in [-0.25, -0.2) is 0 Å². The van der Waals surface area contributed by atoms with E-state index in [2.05, 4.69) is 15.3 Å². The van der Waals surface area contributed by atoms with Gasteiger partial charge in [-0.05, 0) is 37.6 Å². The van der Waals surface area contributed by atoms with Crippen LogP contribution in [0.25, 0.3) is 0 Å². The zero-order valence-electron chi connectivity index (χ0n) is 14.4. The van der Waals surface area contributed by atoms with Gasteiger partial charge in [-0.2, -0.15) is 5.10 Å².